The molecule has 0 amide bonds. The summed E-state index contributed by atoms with van der Waals surface area (Å²) >= 11 is 0. The van der Waals surface area contributed by atoms with Crippen LogP contribution >= 0.6 is 0 Å². The van der Waals surface area contributed by atoms with Crippen molar-refractivity contribution in [1.82, 2.24) is 9.29 Å². The van der Waals surface area contributed by atoms with Crippen molar-refractivity contribution in [2.75, 3.05) is 13.1 Å². The van der Waals surface area contributed by atoms with Crippen molar-refractivity contribution in [2.45, 2.75) is 17.4 Å². The molecular formula is C9H12FN3O2S. The molecule has 0 aromatic carbocycles. The lowest BCUT2D eigenvalue weighted by molar-refractivity contribution is 0.471. The fourth-order valence-corrected chi connectivity index (χ4v) is 3.14. The number of sulfonamides is 1. The number of aromatic nitrogens is 1. The van der Waals surface area contributed by atoms with E-state index in [2.05, 4.69) is 4.98 Å². The molecule has 2 rings (SSSR count). The fraction of sp³-hybridized carbons (Fsp3) is 0.444. The Balaban J connectivity index is 2.32. The van der Waals surface area contributed by atoms with Gasteiger partial charge in [0.1, 0.15) is 10.7 Å². The molecule has 2 N–H and O–H groups in total. The Kier molecular flexibility index (Phi) is 2.92. The van der Waals surface area contributed by atoms with E-state index >= 15 is 0 Å². The van der Waals surface area contributed by atoms with E-state index in [1.165, 1.54) is 4.31 Å². The lowest BCUT2D eigenvalue weighted by Crippen LogP contribution is -2.32. The Labute approximate surface area is 93.1 Å². The van der Waals surface area contributed by atoms with E-state index in [4.69, 9.17) is 5.73 Å². The maximum atomic E-state index is 12.9. The smallest absolute Gasteiger partial charge is 0.244 e. The monoisotopic (exact) mass is 245 g/mol. The van der Waals surface area contributed by atoms with Crippen LogP contribution in [0.25, 0.3) is 0 Å². The summed E-state index contributed by atoms with van der Waals surface area (Å²) in [6.07, 6.45) is 2.74. The number of hydrogen-bond donors (Lipinski definition) is 1. The average molecular weight is 245 g/mol. The Morgan fingerprint density at radius 3 is 2.81 bits per heavy atom. The second kappa shape index (κ2) is 4.08. The Hall–Kier alpha value is -1.05. The van der Waals surface area contributed by atoms with Crippen molar-refractivity contribution >= 4 is 10.0 Å². The highest BCUT2D eigenvalue weighted by molar-refractivity contribution is 7.89. The van der Waals surface area contributed by atoms with E-state index in [0.717, 1.165) is 18.5 Å². The minimum Gasteiger partial charge on any atom is -0.326 e. The summed E-state index contributed by atoms with van der Waals surface area (Å²) in [5, 5.41) is 0. The van der Waals surface area contributed by atoms with Crippen molar-refractivity contribution in [3.63, 3.8) is 0 Å². The summed E-state index contributed by atoms with van der Waals surface area (Å²) in [6, 6.07) is 0.822. The van der Waals surface area contributed by atoms with Crippen LogP contribution in [0, 0.1) is 5.82 Å². The van der Waals surface area contributed by atoms with Crippen LogP contribution in [0.15, 0.2) is 23.4 Å². The van der Waals surface area contributed by atoms with Gasteiger partial charge in [0.25, 0.3) is 0 Å². The van der Waals surface area contributed by atoms with Crippen LogP contribution in [0.3, 0.4) is 0 Å². The summed E-state index contributed by atoms with van der Waals surface area (Å²) in [6.45, 7) is 0.652. The van der Waals surface area contributed by atoms with Gasteiger partial charge in [0.05, 0.1) is 6.20 Å². The van der Waals surface area contributed by atoms with Gasteiger partial charge in [-0.1, -0.05) is 0 Å². The minimum atomic E-state index is -3.64. The van der Waals surface area contributed by atoms with Gasteiger partial charge in [-0.2, -0.15) is 4.31 Å². The summed E-state index contributed by atoms with van der Waals surface area (Å²) in [7, 11) is -3.64. The second-order valence-corrected chi connectivity index (χ2v) is 5.69. The van der Waals surface area contributed by atoms with Crippen LogP contribution in [-0.4, -0.2) is 36.8 Å². The predicted molar refractivity (Wildman–Crippen MR) is 55.5 cm³/mol. The van der Waals surface area contributed by atoms with E-state index in [1.54, 1.807) is 0 Å². The molecule has 2 heterocycles. The summed E-state index contributed by atoms with van der Waals surface area (Å²) < 4.78 is 38.1. The molecule has 0 bridgehead atoms. The van der Waals surface area contributed by atoms with Gasteiger partial charge in [0.2, 0.25) is 10.0 Å². The zero-order valence-corrected chi connectivity index (χ0v) is 9.32. The highest BCUT2D eigenvalue weighted by Gasteiger charge is 2.31. The Morgan fingerprint density at radius 1 is 1.50 bits per heavy atom. The summed E-state index contributed by atoms with van der Waals surface area (Å²) in [5.74, 6) is -0.662. The van der Waals surface area contributed by atoms with Crippen LogP contribution < -0.4 is 5.73 Å². The van der Waals surface area contributed by atoms with Crippen molar-refractivity contribution in [1.29, 1.82) is 0 Å². The molecule has 1 aromatic heterocycles. The third-order valence-corrected chi connectivity index (χ3v) is 4.34. The maximum Gasteiger partial charge on any atom is 0.244 e. The molecule has 0 aliphatic carbocycles. The zero-order valence-electron chi connectivity index (χ0n) is 8.51. The van der Waals surface area contributed by atoms with Gasteiger partial charge in [-0.25, -0.2) is 12.8 Å². The number of hydrogen-bond acceptors (Lipinski definition) is 4. The molecule has 1 saturated heterocycles. The van der Waals surface area contributed by atoms with Crippen molar-refractivity contribution in [2.24, 2.45) is 5.73 Å². The molecule has 0 spiro atoms. The van der Waals surface area contributed by atoms with Gasteiger partial charge in [-0.05, 0) is 12.5 Å². The van der Waals surface area contributed by atoms with Gasteiger partial charge in [-0.3, -0.25) is 4.98 Å². The fourth-order valence-electron chi connectivity index (χ4n) is 1.65. The van der Waals surface area contributed by atoms with Crippen LogP contribution in [0.1, 0.15) is 6.42 Å². The van der Waals surface area contributed by atoms with Crippen LogP contribution in [0.4, 0.5) is 4.39 Å². The zero-order chi connectivity index (χ0) is 11.8. The van der Waals surface area contributed by atoms with E-state index in [-0.39, 0.29) is 17.5 Å². The quantitative estimate of drug-likeness (QED) is 0.792. The van der Waals surface area contributed by atoms with E-state index in [1.807, 2.05) is 0 Å². The van der Waals surface area contributed by atoms with E-state index in [0.29, 0.717) is 13.0 Å². The first kappa shape index (κ1) is 11.4. The van der Waals surface area contributed by atoms with Crippen LogP contribution in [-0.2, 0) is 10.0 Å². The molecule has 1 unspecified atom stereocenters. The SMILES string of the molecule is NC1CCN(S(=O)(=O)c2cncc(F)c2)C1. The van der Waals surface area contributed by atoms with Crippen molar-refractivity contribution < 1.29 is 12.8 Å². The Morgan fingerprint density at radius 2 is 2.25 bits per heavy atom. The molecule has 1 aliphatic rings. The maximum absolute atomic E-state index is 12.9. The number of rotatable bonds is 2. The molecule has 7 heteroatoms. The molecule has 5 nitrogen and oxygen atoms in total. The minimum absolute atomic E-state index is 0.124. The largest absolute Gasteiger partial charge is 0.326 e. The highest BCUT2D eigenvalue weighted by atomic mass is 32.2. The molecule has 1 fully saturated rings. The number of nitrogens with two attached hydrogens (primary N) is 1. The first-order chi connectivity index (χ1) is 7.50. The first-order valence-corrected chi connectivity index (χ1v) is 6.30. The lowest BCUT2D eigenvalue weighted by atomic mass is 10.3. The number of halogens is 1. The predicted octanol–water partition coefficient (Wildman–Crippen LogP) is -0.0576. The van der Waals surface area contributed by atoms with E-state index < -0.39 is 15.8 Å². The molecule has 1 aliphatic heterocycles. The summed E-state index contributed by atoms with van der Waals surface area (Å²) in [5.41, 5.74) is 5.63. The van der Waals surface area contributed by atoms with Gasteiger partial charge < -0.3 is 5.73 Å². The van der Waals surface area contributed by atoms with E-state index in [9.17, 15) is 12.8 Å². The summed E-state index contributed by atoms with van der Waals surface area (Å²) in [4.78, 5) is 3.41. The van der Waals surface area contributed by atoms with Gasteiger partial charge in [-0.15, -0.1) is 0 Å². The topological polar surface area (TPSA) is 76.3 Å². The molecular weight excluding hydrogens is 233 g/mol. The molecule has 16 heavy (non-hydrogen) atoms. The number of pyridine rings is 1. The number of nitrogens with zero attached hydrogens (tertiary/aromatic N) is 2. The van der Waals surface area contributed by atoms with Crippen molar-refractivity contribution in [3.05, 3.63) is 24.3 Å². The first-order valence-electron chi connectivity index (χ1n) is 4.86. The van der Waals surface area contributed by atoms with Crippen LogP contribution in [0.2, 0.25) is 0 Å². The van der Waals surface area contributed by atoms with Gasteiger partial charge in [0, 0.05) is 25.3 Å². The van der Waals surface area contributed by atoms with Crippen molar-refractivity contribution in [3.8, 4) is 0 Å². The Bertz CT molecular complexity index is 491. The lowest BCUT2D eigenvalue weighted by Gasteiger charge is -2.15. The van der Waals surface area contributed by atoms with Crippen LogP contribution in [0.5, 0.6) is 0 Å². The van der Waals surface area contributed by atoms with Gasteiger partial charge >= 0.3 is 0 Å². The highest BCUT2D eigenvalue weighted by Crippen LogP contribution is 2.19. The molecule has 1 aromatic rings. The molecule has 0 saturated carbocycles. The molecule has 1 atom stereocenters. The molecule has 0 radical (unpaired) electrons. The van der Waals surface area contributed by atoms with Gasteiger partial charge in [0.15, 0.2) is 0 Å². The normalized spacial score (nSPS) is 22.5. The second-order valence-electron chi connectivity index (χ2n) is 3.75. The third-order valence-electron chi connectivity index (χ3n) is 2.51. The third kappa shape index (κ3) is 2.06. The average Bonchev–Trinajstić information content (AvgIpc) is 2.65. The standard InChI is InChI=1S/C9H12FN3O2S/c10-7-3-9(5-12-4-7)16(14,15)13-2-1-8(11)6-13/h3-5,8H,1-2,6,11H2. The molecule has 88 valence electrons.